The molecule has 0 N–H and O–H groups in total. The monoisotopic (exact) mass is 438 g/mol. The van der Waals surface area contributed by atoms with Gasteiger partial charge in [-0.15, -0.1) is 5.92 Å². The molecule has 0 fully saturated rings. The van der Waals surface area contributed by atoms with Gasteiger partial charge in [-0.1, -0.05) is 109 Å². The Morgan fingerprint density at radius 3 is 1.71 bits per heavy atom. The van der Waals surface area contributed by atoms with Gasteiger partial charge < -0.3 is 4.57 Å². The van der Waals surface area contributed by atoms with Gasteiger partial charge in [0, 0.05) is 30.1 Å². The lowest BCUT2D eigenvalue weighted by Crippen LogP contribution is -2.66. The minimum atomic E-state index is -1.38. The van der Waals surface area contributed by atoms with Crippen molar-refractivity contribution in [3.63, 3.8) is 0 Å². The fourth-order valence-electron chi connectivity index (χ4n) is 5.23. The standard InChI is InChI=1S/C32H29BN/c1-27-26-34(32-23-13-12-22-31(27)32)25-15-5-14-24-33(28-16-6-2-7-17-28,29-18-8-3-9-19-29)30-20-10-4-11-21-30/h2-4,6-13,16-23,26H,5,15,25H2,1H3/q-1. The summed E-state index contributed by atoms with van der Waals surface area (Å²) in [4.78, 5) is 0. The number of rotatable bonds is 6. The zero-order chi connectivity index (χ0) is 23.2. The van der Waals surface area contributed by atoms with E-state index in [9.17, 15) is 0 Å². The van der Waals surface area contributed by atoms with Gasteiger partial charge in [0.05, 0.1) is 0 Å². The van der Waals surface area contributed by atoms with Crippen LogP contribution in [0.1, 0.15) is 18.4 Å². The van der Waals surface area contributed by atoms with Crippen molar-refractivity contribution in [2.45, 2.75) is 26.3 Å². The van der Waals surface area contributed by atoms with Gasteiger partial charge in [0.15, 0.2) is 0 Å². The van der Waals surface area contributed by atoms with E-state index >= 15 is 0 Å². The highest BCUT2D eigenvalue weighted by atomic mass is 14.9. The van der Waals surface area contributed by atoms with Crippen LogP contribution in [0.4, 0.5) is 0 Å². The van der Waals surface area contributed by atoms with Crippen LogP contribution < -0.4 is 16.4 Å². The molecule has 0 aliphatic rings. The molecule has 166 valence electrons. The Hall–Kier alpha value is -3.96. The van der Waals surface area contributed by atoms with E-state index in [-0.39, 0.29) is 0 Å². The van der Waals surface area contributed by atoms with Gasteiger partial charge >= 0.3 is 0 Å². The number of hydrogen-bond acceptors (Lipinski definition) is 0. The number of hydrogen-bond donors (Lipinski definition) is 0. The average molecular weight is 438 g/mol. The molecular weight excluding hydrogens is 409 g/mol. The highest BCUT2D eigenvalue weighted by molar-refractivity contribution is 7.16. The predicted molar refractivity (Wildman–Crippen MR) is 148 cm³/mol. The topological polar surface area (TPSA) is 4.93 Å². The van der Waals surface area contributed by atoms with E-state index in [2.05, 4.69) is 145 Å². The Kier molecular flexibility index (Phi) is 6.37. The van der Waals surface area contributed by atoms with Crippen LogP contribution in [0.5, 0.6) is 0 Å². The first-order chi connectivity index (χ1) is 16.8. The molecule has 0 atom stereocenters. The third-order valence-corrected chi connectivity index (χ3v) is 6.91. The second-order valence-electron chi connectivity index (χ2n) is 9.05. The van der Waals surface area contributed by atoms with Crippen molar-refractivity contribution in [3.8, 4) is 11.7 Å². The quantitative estimate of drug-likeness (QED) is 0.189. The number of aromatic nitrogens is 1. The molecule has 5 rings (SSSR count). The summed E-state index contributed by atoms with van der Waals surface area (Å²) in [5.41, 5.74) is 6.43. The third-order valence-electron chi connectivity index (χ3n) is 6.91. The van der Waals surface area contributed by atoms with E-state index in [1.54, 1.807) is 0 Å². The molecule has 4 aromatic carbocycles. The highest BCUT2D eigenvalue weighted by Gasteiger charge is 2.27. The smallest absolute Gasteiger partial charge is 0.149 e. The normalized spacial score (nSPS) is 11.2. The molecule has 0 aliphatic carbocycles. The zero-order valence-electron chi connectivity index (χ0n) is 19.7. The summed E-state index contributed by atoms with van der Waals surface area (Å²) in [5.74, 6) is 7.43. The van der Waals surface area contributed by atoms with Crippen LogP contribution in [0.2, 0.25) is 0 Å². The highest BCUT2D eigenvalue weighted by Crippen LogP contribution is 2.20. The Morgan fingerprint density at radius 1 is 0.647 bits per heavy atom. The molecule has 0 spiro atoms. The Labute approximate surface area is 203 Å². The fourth-order valence-corrected chi connectivity index (χ4v) is 5.23. The molecule has 0 saturated carbocycles. The SMILES string of the molecule is Cc1cn(CCCC#C[B-](c2ccccc2)(c2ccccc2)c2ccccc2)c2ccccc12. The minimum absolute atomic E-state index is 0.863. The van der Waals surface area contributed by atoms with Crippen molar-refractivity contribution >= 4 is 33.4 Å². The van der Waals surface area contributed by atoms with Crippen LogP contribution in [-0.4, -0.2) is 10.7 Å². The maximum Gasteiger partial charge on any atom is 0.149 e. The molecule has 5 aromatic rings. The molecule has 34 heavy (non-hydrogen) atoms. The van der Waals surface area contributed by atoms with Crippen LogP contribution in [0.15, 0.2) is 121 Å². The largest absolute Gasteiger partial charge is 0.347 e. The van der Waals surface area contributed by atoms with E-state index < -0.39 is 6.15 Å². The molecule has 2 heteroatoms. The average Bonchev–Trinajstić information content (AvgIpc) is 3.23. The number of nitrogens with zero attached hydrogens (tertiary/aromatic N) is 1. The summed E-state index contributed by atoms with van der Waals surface area (Å²) in [6.45, 7) is 3.17. The van der Waals surface area contributed by atoms with E-state index in [1.807, 2.05) is 0 Å². The van der Waals surface area contributed by atoms with Crippen molar-refractivity contribution in [2.24, 2.45) is 0 Å². The van der Waals surface area contributed by atoms with Crippen molar-refractivity contribution in [1.29, 1.82) is 0 Å². The van der Waals surface area contributed by atoms with Crippen molar-refractivity contribution in [2.75, 3.05) is 0 Å². The summed E-state index contributed by atoms with van der Waals surface area (Å²) in [6.07, 6.45) is 2.77. The molecule has 0 bridgehead atoms. The van der Waals surface area contributed by atoms with Gasteiger partial charge in [0.25, 0.3) is 0 Å². The zero-order valence-corrected chi connectivity index (χ0v) is 19.7. The van der Waals surface area contributed by atoms with E-state index in [4.69, 9.17) is 0 Å². The number of unbranched alkanes of at least 4 members (excludes halogenated alkanes) is 1. The van der Waals surface area contributed by atoms with Gasteiger partial charge in [0.2, 0.25) is 0 Å². The van der Waals surface area contributed by atoms with Gasteiger partial charge in [-0.05, 0) is 25.0 Å². The van der Waals surface area contributed by atoms with Crippen LogP contribution in [0.3, 0.4) is 0 Å². The van der Waals surface area contributed by atoms with E-state index in [0.29, 0.717) is 0 Å². The summed E-state index contributed by atoms with van der Waals surface area (Å²) in [5, 5.41) is 1.34. The van der Waals surface area contributed by atoms with Crippen molar-refractivity contribution in [1.82, 2.24) is 4.57 Å². The summed E-state index contributed by atoms with van der Waals surface area (Å²) >= 11 is 0. The van der Waals surface area contributed by atoms with Crippen LogP contribution >= 0.6 is 0 Å². The summed E-state index contributed by atoms with van der Waals surface area (Å²) < 4.78 is 2.37. The molecule has 1 heterocycles. The summed E-state index contributed by atoms with van der Waals surface area (Å²) in [6, 6.07) is 41.0. The van der Waals surface area contributed by atoms with E-state index in [1.165, 1.54) is 32.9 Å². The van der Waals surface area contributed by atoms with Crippen LogP contribution in [0, 0.1) is 18.7 Å². The van der Waals surface area contributed by atoms with Gasteiger partial charge in [0.1, 0.15) is 6.15 Å². The Balaban J connectivity index is 1.49. The van der Waals surface area contributed by atoms with Crippen LogP contribution in [-0.2, 0) is 6.54 Å². The molecule has 1 aromatic heterocycles. The fraction of sp³-hybridized carbons (Fsp3) is 0.125. The number of fused-ring (bicyclic) bond motifs is 1. The molecule has 0 saturated heterocycles. The third kappa shape index (κ3) is 4.18. The van der Waals surface area contributed by atoms with Crippen LogP contribution in [0.25, 0.3) is 10.9 Å². The maximum absolute atomic E-state index is 3.81. The molecule has 0 radical (unpaired) electrons. The lowest BCUT2D eigenvalue weighted by Gasteiger charge is -2.38. The Morgan fingerprint density at radius 2 is 1.15 bits per heavy atom. The Bertz CT molecular complexity index is 1330. The number of aryl methyl sites for hydroxylation is 2. The molecule has 0 unspecified atom stereocenters. The second-order valence-corrected chi connectivity index (χ2v) is 9.05. The molecule has 1 nitrogen and oxygen atoms in total. The molecule has 0 amide bonds. The van der Waals surface area contributed by atoms with Crippen molar-refractivity contribution < 1.29 is 0 Å². The minimum Gasteiger partial charge on any atom is -0.347 e. The predicted octanol–water partition coefficient (Wildman–Crippen LogP) is 5.44. The van der Waals surface area contributed by atoms with E-state index in [0.717, 1.165) is 19.4 Å². The first-order valence-electron chi connectivity index (χ1n) is 12.2. The second kappa shape index (κ2) is 9.90. The lowest BCUT2D eigenvalue weighted by atomic mass is 9.16. The number of para-hydroxylation sites is 1. The molecular formula is C32H29BN-. The summed E-state index contributed by atoms with van der Waals surface area (Å²) in [7, 11) is 0. The van der Waals surface area contributed by atoms with Gasteiger partial charge in [-0.3, -0.25) is 5.82 Å². The van der Waals surface area contributed by atoms with Gasteiger partial charge in [-0.2, -0.15) is 16.4 Å². The lowest BCUT2D eigenvalue weighted by molar-refractivity contribution is 0.676. The van der Waals surface area contributed by atoms with Crippen molar-refractivity contribution in [3.05, 3.63) is 127 Å². The maximum atomic E-state index is 3.81. The molecule has 0 aliphatic heterocycles. The first-order valence-corrected chi connectivity index (χ1v) is 12.2. The van der Waals surface area contributed by atoms with Gasteiger partial charge in [-0.25, -0.2) is 0 Å². The first kappa shape index (κ1) is 21.9. The number of benzene rings is 4.